The van der Waals surface area contributed by atoms with E-state index in [1.54, 1.807) is 0 Å². The molecule has 0 bridgehead atoms. The first-order chi connectivity index (χ1) is 12.7. The highest BCUT2D eigenvalue weighted by molar-refractivity contribution is 5.78. The number of carbonyl (C=O) groups excluding carboxylic acids is 1. The second-order valence-electron chi connectivity index (χ2n) is 8.27. The van der Waals surface area contributed by atoms with E-state index in [1.807, 2.05) is 11.1 Å². The molecule has 0 aromatic carbocycles. The van der Waals surface area contributed by atoms with E-state index in [1.165, 1.54) is 25.7 Å². The Morgan fingerprint density at radius 1 is 1.27 bits per heavy atom. The molecule has 1 amide bonds. The van der Waals surface area contributed by atoms with Gasteiger partial charge in [0.15, 0.2) is 0 Å². The number of carbonyl (C=O) groups is 1. The van der Waals surface area contributed by atoms with Crippen LogP contribution < -0.4 is 5.32 Å². The Hall–Kier alpha value is -1.53. The molecule has 6 heteroatoms. The Kier molecular flexibility index (Phi) is 5.50. The summed E-state index contributed by atoms with van der Waals surface area (Å²) in [6.45, 7) is 8.52. The minimum atomic E-state index is 0.255. The maximum Gasteiger partial charge on any atom is 0.237 e. The fraction of sp³-hybridized carbons (Fsp3) is 0.750. The summed E-state index contributed by atoms with van der Waals surface area (Å²) in [5.74, 6) is 2.48. The lowest BCUT2D eigenvalue weighted by Gasteiger charge is -2.33. The van der Waals surface area contributed by atoms with Crippen molar-refractivity contribution >= 4 is 5.91 Å². The summed E-state index contributed by atoms with van der Waals surface area (Å²) in [6, 6.07) is 0. The number of fused-ring (bicyclic) bond motifs is 1. The molecular formula is C20H31N5O. The van der Waals surface area contributed by atoms with Crippen molar-refractivity contribution in [3.05, 3.63) is 23.3 Å². The average molecular weight is 358 g/mol. The van der Waals surface area contributed by atoms with Gasteiger partial charge in [0.1, 0.15) is 5.82 Å². The second kappa shape index (κ2) is 8.01. The molecule has 1 unspecified atom stereocenters. The van der Waals surface area contributed by atoms with E-state index in [0.717, 1.165) is 62.1 Å². The van der Waals surface area contributed by atoms with E-state index >= 15 is 0 Å². The molecule has 4 rings (SSSR count). The van der Waals surface area contributed by atoms with Gasteiger partial charge in [-0.2, -0.15) is 0 Å². The van der Waals surface area contributed by atoms with Gasteiger partial charge >= 0.3 is 0 Å². The Morgan fingerprint density at radius 2 is 2.12 bits per heavy atom. The van der Waals surface area contributed by atoms with Gasteiger partial charge < -0.3 is 10.2 Å². The van der Waals surface area contributed by atoms with E-state index in [9.17, 15) is 4.79 Å². The molecule has 2 fully saturated rings. The summed E-state index contributed by atoms with van der Waals surface area (Å²) >= 11 is 0. The van der Waals surface area contributed by atoms with Crippen LogP contribution in [0.2, 0.25) is 0 Å². The molecule has 3 aliphatic heterocycles. The van der Waals surface area contributed by atoms with Crippen LogP contribution in [0.5, 0.6) is 0 Å². The molecule has 4 heterocycles. The molecule has 0 radical (unpaired) electrons. The van der Waals surface area contributed by atoms with Gasteiger partial charge in [-0.05, 0) is 51.2 Å². The second-order valence-corrected chi connectivity index (χ2v) is 8.27. The zero-order valence-corrected chi connectivity index (χ0v) is 15.9. The molecular weight excluding hydrogens is 326 g/mol. The number of rotatable bonds is 3. The molecule has 0 saturated carbocycles. The van der Waals surface area contributed by atoms with Gasteiger partial charge in [0, 0.05) is 43.7 Å². The zero-order valence-electron chi connectivity index (χ0n) is 15.9. The molecule has 26 heavy (non-hydrogen) atoms. The molecule has 1 N–H and O–H groups in total. The number of piperidine rings is 2. The van der Waals surface area contributed by atoms with Crippen molar-refractivity contribution in [1.82, 2.24) is 25.1 Å². The van der Waals surface area contributed by atoms with Gasteiger partial charge in [-0.3, -0.25) is 9.69 Å². The first-order valence-electron chi connectivity index (χ1n) is 10.2. The summed E-state index contributed by atoms with van der Waals surface area (Å²) in [5, 5.41) is 3.44. The third kappa shape index (κ3) is 4.07. The van der Waals surface area contributed by atoms with Crippen molar-refractivity contribution in [2.24, 2.45) is 5.92 Å². The topological polar surface area (TPSA) is 61.4 Å². The van der Waals surface area contributed by atoms with E-state index in [4.69, 9.17) is 4.98 Å². The highest BCUT2D eigenvalue weighted by Gasteiger charge is 2.26. The summed E-state index contributed by atoms with van der Waals surface area (Å²) in [5.41, 5.74) is 2.28. The van der Waals surface area contributed by atoms with Gasteiger partial charge in [-0.1, -0.05) is 6.92 Å². The quantitative estimate of drug-likeness (QED) is 0.890. The number of hydrogen-bond donors (Lipinski definition) is 1. The highest BCUT2D eigenvalue weighted by atomic mass is 16.2. The monoisotopic (exact) mass is 357 g/mol. The van der Waals surface area contributed by atoms with Crippen LogP contribution in [-0.2, 0) is 17.8 Å². The Morgan fingerprint density at radius 3 is 2.88 bits per heavy atom. The molecule has 1 atom stereocenters. The molecule has 0 spiro atoms. The predicted octanol–water partition coefficient (Wildman–Crippen LogP) is 1.56. The Balaban J connectivity index is 1.36. The van der Waals surface area contributed by atoms with E-state index in [-0.39, 0.29) is 5.91 Å². The molecule has 1 aromatic rings. The lowest BCUT2D eigenvalue weighted by atomic mass is 9.98. The summed E-state index contributed by atoms with van der Waals surface area (Å²) in [6.07, 6.45) is 7.61. The maximum absolute atomic E-state index is 12.7. The van der Waals surface area contributed by atoms with Crippen LogP contribution in [-0.4, -0.2) is 64.9 Å². The summed E-state index contributed by atoms with van der Waals surface area (Å²) < 4.78 is 0. The van der Waals surface area contributed by atoms with Crippen LogP contribution in [0.15, 0.2) is 6.20 Å². The van der Waals surface area contributed by atoms with Crippen molar-refractivity contribution in [3.8, 4) is 0 Å². The number of likely N-dealkylation sites (tertiary alicyclic amines) is 1. The van der Waals surface area contributed by atoms with Gasteiger partial charge in [0.05, 0.1) is 12.2 Å². The minimum Gasteiger partial charge on any atom is -0.337 e. The van der Waals surface area contributed by atoms with Gasteiger partial charge in [0.2, 0.25) is 5.91 Å². The molecule has 2 saturated heterocycles. The van der Waals surface area contributed by atoms with Crippen LogP contribution in [0.3, 0.4) is 0 Å². The van der Waals surface area contributed by atoms with Crippen molar-refractivity contribution in [1.29, 1.82) is 0 Å². The zero-order chi connectivity index (χ0) is 17.9. The summed E-state index contributed by atoms with van der Waals surface area (Å²) in [4.78, 5) is 26.5. The number of hydrogen-bond acceptors (Lipinski definition) is 5. The van der Waals surface area contributed by atoms with Crippen LogP contribution in [0.25, 0.3) is 0 Å². The minimum absolute atomic E-state index is 0.255. The molecule has 6 nitrogen and oxygen atoms in total. The first kappa shape index (κ1) is 17.9. The molecule has 3 aliphatic rings. The summed E-state index contributed by atoms with van der Waals surface area (Å²) in [7, 11) is 0. The Labute approximate surface area is 156 Å². The van der Waals surface area contributed by atoms with Crippen LogP contribution in [0.1, 0.15) is 55.6 Å². The number of amides is 1. The van der Waals surface area contributed by atoms with Gasteiger partial charge in [-0.15, -0.1) is 0 Å². The predicted molar refractivity (Wildman–Crippen MR) is 101 cm³/mol. The lowest BCUT2D eigenvalue weighted by molar-refractivity contribution is -0.133. The van der Waals surface area contributed by atoms with E-state index < -0.39 is 0 Å². The number of nitrogens with zero attached hydrogens (tertiary/aromatic N) is 4. The van der Waals surface area contributed by atoms with Crippen LogP contribution in [0, 0.1) is 5.92 Å². The van der Waals surface area contributed by atoms with Crippen LogP contribution >= 0.6 is 0 Å². The van der Waals surface area contributed by atoms with E-state index in [0.29, 0.717) is 19.0 Å². The van der Waals surface area contributed by atoms with Crippen molar-refractivity contribution in [2.75, 3.05) is 39.3 Å². The molecule has 142 valence electrons. The standard InChI is InChI=1S/C20H31N5O/c1-15-4-8-24(9-5-15)14-19(26)25-10-6-18-17(13-25)12-22-20(23-18)16-3-2-7-21-11-16/h12,15-16,21H,2-11,13-14H2,1H3. The molecule has 1 aromatic heterocycles. The first-order valence-corrected chi connectivity index (χ1v) is 10.2. The van der Waals surface area contributed by atoms with Crippen molar-refractivity contribution < 1.29 is 4.79 Å². The maximum atomic E-state index is 12.7. The fourth-order valence-corrected chi connectivity index (χ4v) is 4.32. The lowest BCUT2D eigenvalue weighted by Crippen LogP contribution is -2.45. The van der Waals surface area contributed by atoms with Crippen molar-refractivity contribution in [2.45, 2.75) is 51.5 Å². The van der Waals surface area contributed by atoms with Crippen molar-refractivity contribution in [3.63, 3.8) is 0 Å². The van der Waals surface area contributed by atoms with Gasteiger partial charge in [0.25, 0.3) is 0 Å². The largest absolute Gasteiger partial charge is 0.337 e. The number of aromatic nitrogens is 2. The Bertz CT molecular complexity index is 635. The smallest absolute Gasteiger partial charge is 0.237 e. The average Bonchev–Trinajstić information content (AvgIpc) is 2.69. The third-order valence-electron chi connectivity index (χ3n) is 6.20. The normalized spacial score (nSPS) is 25.1. The fourth-order valence-electron chi connectivity index (χ4n) is 4.32. The molecule has 0 aliphatic carbocycles. The van der Waals surface area contributed by atoms with Crippen LogP contribution in [0.4, 0.5) is 0 Å². The SMILES string of the molecule is CC1CCN(CC(=O)N2CCc3nc(C4CCCNC4)ncc3C2)CC1. The highest BCUT2D eigenvalue weighted by Crippen LogP contribution is 2.23. The third-order valence-corrected chi connectivity index (χ3v) is 6.20. The number of nitrogens with one attached hydrogen (secondary N) is 1. The van der Waals surface area contributed by atoms with E-state index in [2.05, 4.69) is 22.1 Å². The van der Waals surface area contributed by atoms with Gasteiger partial charge in [-0.25, -0.2) is 9.97 Å².